The van der Waals surface area contributed by atoms with Gasteiger partial charge < -0.3 is 9.84 Å². The fourth-order valence-electron chi connectivity index (χ4n) is 2.04. The molecule has 1 N–H and O–H groups in total. The Kier molecular flexibility index (Phi) is 4.73. The second-order valence-corrected chi connectivity index (χ2v) is 4.83. The van der Waals surface area contributed by atoms with Crippen LogP contribution in [0.2, 0.25) is 0 Å². The number of benzene rings is 2. The van der Waals surface area contributed by atoms with Crippen LogP contribution >= 0.6 is 0 Å². The van der Waals surface area contributed by atoms with Gasteiger partial charge in [-0.25, -0.2) is 9.59 Å². The predicted molar refractivity (Wildman–Crippen MR) is 84.5 cm³/mol. The minimum absolute atomic E-state index is 0.276. The molecule has 0 radical (unpaired) electrons. The van der Waals surface area contributed by atoms with E-state index < -0.39 is 5.97 Å². The summed E-state index contributed by atoms with van der Waals surface area (Å²) >= 11 is 0. The zero-order valence-electron chi connectivity index (χ0n) is 12.4. The van der Waals surface area contributed by atoms with Crippen molar-refractivity contribution >= 4 is 18.0 Å². The van der Waals surface area contributed by atoms with Crippen LogP contribution in [0.4, 0.5) is 0 Å². The maximum absolute atomic E-state index is 11.4. The third kappa shape index (κ3) is 3.61. The molecule has 0 bridgehead atoms. The number of carbonyl (C=O) groups excluding carboxylic acids is 1. The molecule has 0 fully saturated rings. The van der Waals surface area contributed by atoms with Crippen molar-refractivity contribution in [1.29, 1.82) is 0 Å². The summed E-state index contributed by atoms with van der Waals surface area (Å²) in [5, 5.41) is 8.92. The second kappa shape index (κ2) is 6.72. The molecule has 22 heavy (non-hydrogen) atoms. The van der Waals surface area contributed by atoms with E-state index in [0.717, 1.165) is 16.7 Å². The van der Waals surface area contributed by atoms with Gasteiger partial charge in [0.1, 0.15) is 0 Å². The number of aliphatic carboxylic acids is 1. The van der Waals surface area contributed by atoms with Crippen LogP contribution in [0.25, 0.3) is 17.2 Å². The number of methoxy groups -OCH3 is 1. The van der Waals surface area contributed by atoms with Crippen molar-refractivity contribution in [2.45, 2.75) is 6.92 Å². The fourth-order valence-corrected chi connectivity index (χ4v) is 2.04. The van der Waals surface area contributed by atoms with Crippen LogP contribution < -0.4 is 0 Å². The quantitative estimate of drug-likeness (QED) is 0.691. The fraction of sp³-hybridized carbons (Fsp3) is 0.111. The number of carbonyl (C=O) groups is 2. The van der Waals surface area contributed by atoms with E-state index in [1.807, 2.05) is 36.4 Å². The minimum atomic E-state index is -0.937. The van der Waals surface area contributed by atoms with Gasteiger partial charge in [0, 0.05) is 5.57 Å². The van der Waals surface area contributed by atoms with Crippen molar-refractivity contribution in [2.24, 2.45) is 0 Å². The Hall–Kier alpha value is -2.88. The van der Waals surface area contributed by atoms with Gasteiger partial charge in [-0.3, -0.25) is 0 Å². The maximum atomic E-state index is 11.4. The molecule has 0 unspecified atom stereocenters. The monoisotopic (exact) mass is 296 g/mol. The number of hydrogen-bond acceptors (Lipinski definition) is 3. The number of carboxylic acids is 1. The number of rotatable bonds is 4. The Morgan fingerprint density at radius 2 is 1.73 bits per heavy atom. The molecule has 0 aliphatic rings. The Labute approximate surface area is 128 Å². The number of ether oxygens (including phenoxy) is 1. The van der Waals surface area contributed by atoms with E-state index in [1.54, 1.807) is 25.1 Å². The van der Waals surface area contributed by atoms with E-state index in [9.17, 15) is 9.59 Å². The third-order valence-electron chi connectivity index (χ3n) is 3.25. The zero-order chi connectivity index (χ0) is 16.1. The zero-order valence-corrected chi connectivity index (χ0v) is 12.4. The lowest BCUT2D eigenvalue weighted by Crippen LogP contribution is -2.00. The van der Waals surface area contributed by atoms with Crippen molar-refractivity contribution < 1.29 is 19.4 Å². The molecule has 0 heterocycles. The van der Waals surface area contributed by atoms with Gasteiger partial charge in [0.05, 0.1) is 12.7 Å². The smallest absolute Gasteiger partial charge is 0.337 e. The Bertz CT molecular complexity index is 727. The largest absolute Gasteiger partial charge is 0.478 e. The Morgan fingerprint density at radius 3 is 2.32 bits per heavy atom. The van der Waals surface area contributed by atoms with Crippen LogP contribution in [0.3, 0.4) is 0 Å². The summed E-state index contributed by atoms with van der Waals surface area (Å²) in [6, 6.07) is 14.6. The average molecular weight is 296 g/mol. The summed E-state index contributed by atoms with van der Waals surface area (Å²) in [6.07, 6.45) is 1.62. The van der Waals surface area contributed by atoms with Gasteiger partial charge in [0.25, 0.3) is 0 Å². The summed E-state index contributed by atoms with van der Waals surface area (Å²) in [4.78, 5) is 22.3. The van der Waals surface area contributed by atoms with Crippen molar-refractivity contribution in [3.8, 4) is 11.1 Å². The molecular formula is C18H16O4. The molecule has 2 rings (SSSR count). The summed E-state index contributed by atoms with van der Waals surface area (Å²) in [6.45, 7) is 1.56. The van der Waals surface area contributed by atoms with Crippen LogP contribution in [0.5, 0.6) is 0 Å². The minimum Gasteiger partial charge on any atom is -0.478 e. The summed E-state index contributed by atoms with van der Waals surface area (Å²) in [5.74, 6) is -1.31. The molecule has 0 spiro atoms. The summed E-state index contributed by atoms with van der Waals surface area (Å²) in [7, 11) is 1.34. The van der Waals surface area contributed by atoms with E-state index in [1.165, 1.54) is 7.11 Å². The maximum Gasteiger partial charge on any atom is 0.337 e. The Balaban J connectivity index is 2.32. The molecule has 0 saturated carbocycles. The van der Waals surface area contributed by atoms with Gasteiger partial charge in [-0.05, 0) is 47.9 Å². The SMILES string of the molecule is COC(=O)c1ccc(-c2cccc(/C=C(\C)C(=O)O)c2)cc1. The lowest BCUT2D eigenvalue weighted by molar-refractivity contribution is -0.132. The van der Waals surface area contributed by atoms with E-state index >= 15 is 0 Å². The van der Waals surface area contributed by atoms with Gasteiger partial charge in [0.15, 0.2) is 0 Å². The second-order valence-electron chi connectivity index (χ2n) is 4.83. The molecular weight excluding hydrogens is 280 g/mol. The topological polar surface area (TPSA) is 63.6 Å². The van der Waals surface area contributed by atoms with Crippen LogP contribution in [0.1, 0.15) is 22.8 Å². The molecule has 0 amide bonds. The normalized spacial score (nSPS) is 11.1. The summed E-state index contributed by atoms with van der Waals surface area (Å²) in [5.41, 5.74) is 3.47. The predicted octanol–water partition coefficient (Wildman–Crippen LogP) is 3.63. The van der Waals surface area contributed by atoms with Crippen molar-refractivity contribution in [3.63, 3.8) is 0 Å². The number of carboxylic acid groups (broad SMARTS) is 1. The van der Waals surface area contributed by atoms with Gasteiger partial charge in [-0.2, -0.15) is 0 Å². The highest BCUT2D eigenvalue weighted by atomic mass is 16.5. The average Bonchev–Trinajstić information content (AvgIpc) is 2.54. The highest BCUT2D eigenvalue weighted by molar-refractivity contribution is 5.92. The molecule has 4 nitrogen and oxygen atoms in total. The van der Waals surface area contributed by atoms with E-state index in [2.05, 4.69) is 4.74 Å². The van der Waals surface area contributed by atoms with Gasteiger partial charge >= 0.3 is 11.9 Å². The summed E-state index contributed by atoms with van der Waals surface area (Å²) < 4.78 is 4.66. The standard InChI is InChI=1S/C18H16O4/c1-12(17(19)20)10-13-4-3-5-16(11-13)14-6-8-15(9-7-14)18(21)22-2/h3-11H,1-2H3,(H,19,20)/b12-10+. The van der Waals surface area contributed by atoms with E-state index in [0.29, 0.717) is 5.56 Å². The van der Waals surface area contributed by atoms with E-state index in [4.69, 9.17) is 5.11 Å². The highest BCUT2D eigenvalue weighted by Gasteiger charge is 2.06. The number of hydrogen-bond donors (Lipinski definition) is 1. The molecule has 112 valence electrons. The highest BCUT2D eigenvalue weighted by Crippen LogP contribution is 2.22. The molecule has 4 heteroatoms. The first-order valence-electron chi connectivity index (χ1n) is 6.71. The van der Waals surface area contributed by atoms with Gasteiger partial charge in [-0.1, -0.05) is 30.3 Å². The number of esters is 1. The lowest BCUT2D eigenvalue weighted by atomic mass is 10.0. The molecule has 2 aromatic rings. The van der Waals surface area contributed by atoms with Crippen LogP contribution in [0, 0.1) is 0 Å². The van der Waals surface area contributed by atoms with Crippen molar-refractivity contribution in [3.05, 3.63) is 65.2 Å². The third-order valence-corrected chi connectivity index (χ3v) is 3.25. The Morgan fingerprint density at radius 1 is 1.05 bits per heavy atom. The first kappa shape index (κ1) is 15.5. The molecule has 0 aliphatic carbocycles. The molecule has 0 aliphatic heterocycles. The van der Waals surface area contributed by atoms with Gasteiger partial charge in [-0.15, -0.1) is 0 Å². The van der Waals surface area contributed by atoms with Gasteiger partial charge in [0.2, 0.25) is 0 Å². The first-order chi connectivity index (χ1) is 10.5. The molecule has 0 atom stereocenters. The molecule has 0 saturated heterocycles. The lowest BCUT2D eigenvalue weighted by Gasteiger charge is -2.05. The van der Waals surface area contributed by atoms with Crippen LogP contribution in [0.15, 0.2) is 54.1 Å². The molecule has 0 aromatic heterocycles. The van der Waals surface area contributed by atoms with Crippen molar-refractivity contribution in [2.75, 3.05) is 7.11 Å². The van der Waals surface area contributed by atoms with Crippen LogP contribution in [-0.4, -0.2) is 24.2 Å². The molecule has 2 aromatic carbocycles. The van der Waals surface area contributed by atoms with Crippen molar-refractivity contribution in [1.82, 2.24) is 0 Å². The first-order valence-corrected chi connectivity index (χ1v) is 6.71. The van der Waals surface area contributed by atoms with E-state index in [-0.39, 0.29) is 11.5 Å². The van der Waals surface area contributed by atoms with Crippen LogP contribution in [-0.2, 0) is 9.53 Å².